The minimum absolute atomic E-state index is 0.276. The number of nitrogens with zero attached hydrogens (tertiary/aromatic N) is 5. The fourth-order valence-corrected chi connectivity index (χ4v) is 3.55. The van der Waals surface area contributed by atoms with E-state index in [1.54, 1.807) is 18.5 Å². The van der Waals surface area contributed by atoms with Crippen LogP contribution < -0.4 is 4.90 Å². The summed E-state index contributed by atoms with van der Waals surface area (Å²) in [5.41, 5.74) is 1.45. The molecular formula is C19H22ClN5. The summed E-state index contributed by atoms with van der Waals surface area (Å²) in [5, 5.41) is 9.64. The Balaban J connectivity index is 1.87. The normalized spacial score (nSPS) is 17.4. The second-order valence-electron chi connectivity index (χ2n) is 6.27. The average molecular weight is 356 g/mol. The third-order valence-corrected chi connectivity index (χ3v) is 5.03. The molecule has 25 heavy (non-hydrogen) atoms. The van der Waals surface area contributed by atoms with Gasteiger partial charge in [-0.3, -0.25) is 9.88 Å². The number of pyridine rings is 2. The lowest BCUT2D eigenvalue weighted by molar-refractivity contribution is 0.268. The van der Waals surface area contributed by atoms with Crippen molar-refractivity contribution in [2.75, 3.05) is 24.5 Å². The first kappa shape index (κ1) is 17.7. The van der Waals surface area contributed by atoms with Gasteiger partial charge in [0.15, 0.2) is 5.69 Å². The molecule has 1 saturated heterocycles. The van der Waals surface area contributed by atoms with Gasteiger partial charge in [-0.25, -0.2) is 4.98 Å². The number of anilines is 1. The number of halogens is 1. The zero-order chi connectivity index (χ0) is 17.6. The van der Waals surface area contributed by atoms with E-state index in [2.05, 4.69) is 32.8 Å². The molecular weight excluding hydrogens is 334 g/mol. The fraction of sp³-hybridized carbons (Fsp3) is 0.421. The summed E-state index contributed by atoms with van der Waals surface area (Å²) in [6.45, 7) is 6.04. The van der Waals surface area contributed by atoms with Gasteiger partial charge in [-0.1, -0.05) is 18.5 Å². The van der Waals surface area contributed by atoms with E-state index in [9.17, 15) is 5.26 Å². The highest BCUT2D eigenvalue weighted by molar-refractivity contribution is 6.31. The molecule has 1 aliphatic rings. The second-order valence-corrected chi connectivity index (χ2v) is 6.68. The van der Waals surface area contributed by atoms with E-state index in [-0.39, 0.29) is 5.69 Å². The minimum atomic E-state index is 0.276. The van der Waals surface area contributed by atoms with E-state index in [1.807, 2.05) is 18.2 Å². The number of nitriles is 1. The van der Waals surface area contributed by atoms with E-state index in [4.69, 9.17) is 11.6 Å². The Hall–Kier alpha value is -2.16. The van der Waals surface area contributed by atoms with Crippen LogP contribution in [0.5, 0.6) is 0 Å². The van der Waals surface area contributed by atoms with Crippen LogP contribution in [0.2, 0.25) is 5.02 Å². The highest BCUT2D eigenvalue weighted by Gasteiger charge is 2.26. The van der Waals surface area contributed by atoms with Crippen LogP contribution in [0.4, 0.5) is 5.82 Å². The molecule has 130 valence electrons. The van der Waals surface area contributed by atoms with Gasteiger partial charge >= 0.3 is 0 Å². The summed E-state index contributed by atoms with van der Waals surface area (Å²) in [5.74, 6) is 0.792. The molecule has 1 unspecified atom stereocenters. The predicted octanol–water partition coefficient (Wildman–Crippen LogP) is 3.49. The van der Waals surface area contributed by atoms with E-state index in [0.29, 0.717) is 11.1 Å². The van der Waals surface area contributed by atoms with E-state index < -0.39 is 0 Å². The van der Waals surface area contributed by atoms with Crippen LogP contribution in [0.15, 0.2) is 36.7 Å². The van der Waals surface area contributed by atoms with E-state index in [0.717, 1.165) is 32.0 Å². The number of aromatic nitrogens is 2. The van der Waals surface area contributed by atoms with Gasteiger partial charge in [-0.05, 0) is 55.8 Å². The van der Waals surface area contributed by atoms with E-state index in [1.165, 1.54) is 18.4 Å². The molecule has 0 N–H and O–H groups in total. The molecule has 0 aliphatic carbocycles. The Morgan fingerprint density at radius 1 is 1.32 bits per heavy atom. The first-order chi connectivity index (χ1) is 12.2. The molecule has 0 saturated carbocycles. The van der Waals surface area contributed by atoms with Crippen molar-refractivity contribution in [2.24, 2.45) is 0 Å². The summed E-state index contributed by atoms with van der Waals surface area (Å²) in [4.78, 5) is 13.3. The molecule has 3 heterocycles. The zero-order valence-electron chi connectivity index (χ0n) is 14.4. The molecule has 0 bridgehead atoms. The molecule has 0 spiro atoms. The number of likely N-dealkylation sites (N-methyl/N-ethyl adjacent to an activating group) is 1. The van der Waals surface area contributed by atoms with Gasteiger partial charge in [0.1, 0.15) is 11.9 Å². The van der Waals surface area contributed by atoms with Crippen LogP contribution in [0, 0.1) is 11.3 Å². The first-order valence-corrected chi connectivity index (χ1v) is 9.03. The highest BCUT2D eigenvalue weighted by atomic mass is 35.5. The lowest BCUT2D eigenvalue weighted by atomic mass is 10.1. The second kappa shape index (κ2) is 8.28. The summed E-state index contributed by atoms with van der Waals surface area (Å²) in [6.07, 6.45) is 6.04. The van der Waals surface area contributed by atoms with Crippen molar-refractivity contribution in [3.05, 3.63) is 52.9 Å². The zero-order valence-corrected chi connectivity index (χ0v) is 15.2. The van der Waals surface area contributed by atoms with Gasteiger partial charge in [0.2, 0.25) is 0 Å². The van der Waals surface area contributed by atoms with Crippen LogP contribution in [-0.4, -0.2) is 40.5 Å². The number of hydrogen-bond acceptors (Lipinski definition) is 5. The first-order valence-electron chi connectivity index (χ1n) is 8.65. The topological polar surface area (TPSA) is 56.0 Å². The molecule has 0 amide bonds. The monoisotopic (exact) mass is 355 g/mol. The lowest BCUT2D eigenvalue weighted by Gasteiger charge is -2.31. The Labute approximate surface area is 153 Å². The van der Waals surface area contributed by atoms with Gasteiger partial charge in [-0.15, -0.1) is 0 Å². The average Bonchev–Trinajstić information content (AvgIpc) is 3.09. The molecule has 1 fully saturated rings. The number of hydrogen-bond donors (Lipinski definition) is 0. The van der Waals surface area contributed by atoms with E-state index >= 15 is 0 Å². The van der Waals surface area contributed by atoms with Crippen LogP contribution in [-0.2, 0) is 6.54 Å². The van der Waals surface area contributed by atoms with Crippen molar-refractivity contribution in [1.29, 1.82) is 5.26 Å². The van der Waals surface area contributed by atoms with Crippen LogP contribution >= 0.6 is 11.6 Å². The van der Waals surface area contributed by atoms with Crippen molar-refractivity contribution >= 4 is 17.4 Å². The number of likely N-dealkylation sites (tertiary alicyclic amines) is 1. The Kier molecular flexibility index (Phi) is 5.85. The molecule has 6 heteroatoms. The van der Waals surface area contributed by atoms with Gasteiger partial charge in [0, 0.05) is 31.5 Å². The van der Waals surface area contributed by atoms with Crippen molar-refractivity contribution in [1.82, 2.24) is 14.9 Å². The Morgan fingerprint density at radius 2 is 2.12 bits per heavy atom. The van der Waals surface area contributed by atoms with Crippen molar-refractivity contribution in [3.8, 4) is 6.07 Å². The van der Waals surface area contributed by atoms with Crippen LogP contribution in [0.3, 0.4) is 0 Å². The maximum absolute atomic E-state index is 9.25. The summed E-state index contributed by atoms with van der Waals surface area (Å²) in [6, 6.07) is 10.3. The van der Waals surface area contributed by atoms with Gasteiger partial charge < -0.3 is 4.90 Å². The third kappa shape index (κ3) is 4.28. The molecule has 3 rings (SSSR count). The molecule has 0 aromatic carbocycles. The molecule has 2 aromatic heterocycles. The molecule has 1 atom stereocenters. The van der Waals surface area contributed by atoms with Crippen LogP contribution in [0.25, 0.3) is 0 Å². The SMILES string of the molecule is CCN1CCCC1CN(Cc1ccncc1)c1ccc(Cl)c(C#N)n1. The third-order valence-electron chi connectivity index (χ3n) is 4.72. The number of rotatable bonds is 6. The fourth-order valence-electron chi connectivity index (χ4n) is 3.41. The van der Waals surface area contributed by atoms with Gasteiger partial charge in [0.05, 0.1) is 5.02 Å². The van der Waals surface area contributed by atoms with Gasteiger partial charge in [0.25, 0.3) is 0 Å². The van der Waals surface area contributed by atoms with Crippen molar-refractivity contribution in [2.45, 2.75) is 32.4 Å². The summed E-state index contributed by atoms with van der Waals surface area (Å²) < 4.78 is 0. The standard InChI is InChI=1S/C19H22ClN5/c1-2-24-11-3-4-16(24)14-25(13-15-7-9-22-10-8-15)19-6-5-17(20)18(12-21)23-19/h5-10,16H,2-4,11,13-14H2,1H3. The lowest BCUT2D eigenvalue weighted by Crippen LogP contribution is -2.40. The van der Waals surface area contributed by atoms with Crippen molar-refractivity contribution in [3.63, 3.8) is 0 Å². The quantitative estimate of drug-likeness (QED) is 0.793. The molecule has 1 aliphatic heterocycles. The van der Waals surface area contributed by atoms with Gasteiger partial charge in [-0.2, -0.15) is 5.26 Å². The predicted molar refractivity (Wildman–Crippen MR) is 99.5 cm³/mol. The maximum atomic E-state index is 9.25. The molecule has 0 radical (unpaired) electrons. The summed E-state index contributed by atoms with van der Waals surface area (Å²) >= 11 is 6.06. The minimum Gasteiger partial charge on any atom is -0.351 e. The Morgan fingerprint density at radius 3 is 2.84 bits per heavy atom. The maximum Gasteiger partial charge on any atom is 0.161 e. The Bertz CT molecular complexity index is 743. The molecule has 5 nitrogen and oxygen atoms in total. The molecule has 2 aromatic rings. The van der Waals surface area contributed by atoms with Crippen molar-refractivity contribution < 1.29 is 0 Å². The van der Waals surface area contributed by atoms with Crippen LogP contribution in [0.1, 0.15) is 31.0 Å². The summed E-state index contributed by atoms with van der Waals surface area (Å²) in [7, 11) is 0. The largest absolute Gasteiger partial charge is 0.351 e. The highest BCUT2D eigenvalue weighted by Crippen LogP contribution is 2.24. The smallest absolute Gasteiger partial charge is 0.161 e.